The normalized spacial score (nSPS) is 16.1. The fourth-order valence-electron chi connectivity index (χ4n) is 6.08. The summed E-state index contributed by atoms with van der Waals surface area (Å²) in [6, 6.07) is -1.11. The summed E-state index contributed by atoms with van der Waals surface area (Å²) in [6.45, 7) is 6.06. The number of aliphatic hydroxyl groups is 1. The fourth-order valence-corrected chi connectivity index (χ4v) is 6.08. The molecule has 13 nitrogen and oxygen atoms in total. The highest BCUT2D eigenvalue weighted by atomic mass is 19.2. The van der Waals surface area contributed by atoms with Crippen molar-refractivity contribution in [3.63, 3.8) is 0 Å². The zero-order valence-corrected chi connectivity index (χ0v) is 29.9. The van der Waals surface area contributed by atoms with Gasteiger partial charge in [0.05, 0.1) is 58.0 Å². The Labute approximate surface area is 293 Å². The second-order valence-electron chi connectivity index (χ2n) is 12.3. The second-order valence-corrected chi connectivity index (χ2v) is 12.3. The van der Waals surface area contributed by atoms with Crippen LogP contribution in [0.25, 0.3) is 6.08 Å². The summed E-state index contributed by atoms with van der Waals surface area (Å²) < 4.78 is 52.2. The quantitative estimate of drug-likeness (QED) is 0.133. The molecule has 0 aliphatic heterocycles. The average molecular weight is 712 g/mol. The number of carbonyl (C=O) groups is 3. The maximum atomic E-state index is 14.5. The minimum atomic E-state index is -1.05. The number of hydrogen-bond donors (Lipinski definition) is 4. The van der Waals surface area contributed by atoms with Gasteiger partial charge in [0.1, 0.15) is 18.3 Å². The third-order valence-corrected chi connectivity index (χ3v) is 9.01. The Balaban J connectivity index is 1.66. The van der Waals surface area contributed by atoms with Crippen LogP contribution in [0, 0.1) is 5.92 Å². The van der Waals surface area contributed by atoms with Gasteiger partial charge >= 0.3 is 0 Å². The van der Waals surface area contributed by atoms with Crippen molar-refractivity contribution in [2.24, 2.45) is 13.0 Å². The van der Waals surface area contributed by atoms with Gasteiger partial charge in [-0.2, -0.15) is 0 Å². The third-order valence-electron chi connectivity index (χ3n) is 9.01. The molecule has 50 heavy (non-hydrogen) atoms. The molecule has 2 aliphatic carbocycles. The monoisotopic (exact) mass is 711 g/mol. The molecule has 0 radical (unpaired) electrons. The van der Waals surface area contributed by atoms with Gasteiger partial charge in [0.15, 0.2) is 17.4 Å². The number of fused-ring (bicyclic) bond motifs is 1. The van der Waals surface area contributed by atoms with Crippen LogP contribution in [0.3, 0.4) is 0 Å². The Morgan fingerprint density at radius 2 is 1.64 bits per heavy atom. The Morgan fingerprint density at radius 1 is 1.00 bits per heavy atom. The van der Waals surface area contributed by atoms with Crippen molar-refractivity contribution in [3.05, 3.63) is 34.7 Å². The van der Waals surface area contributed by atoms with Gasteiger partial charge in [-0.3, -0.25) is 14.4 Å². The molecule has 1 heterocycles. The summed E-state index contributed by atoms with van der Waals surface area (Å²) >= 11 is 0. The van der Waals surface area contributed by atoms with Crippen molar-refractivity contribution in [3.8, 4) is 5.75 Å². The van der Waals surface area contributed by atoms with Crippen LogP contribution in [-0.4, -0.2) is 124 Å². The molecule has 15 heteroatoms. The molecular weight excluding hydrogens is 656 g/mol. The smallest absolute Gasteiger partial charge is 0.271 e. The minimum Gasteiger partial charge on any atom is -0.488 e. The average Bonchev–Trinajstić information content (AvgIpc) is 3.28. The van der Waals surface area contributed by atoms with Crippen molar-refractivity contribution in [1.29, 1.82) is 0 Å². The number of rotatable bonds is 22. The van der Waals surface area contributed by atoms with Crippen LogP contribution in [-0.2, 0) is 37.3 Å². The molecule has 1 aromatic heterocycles. The van der Waals surface area contributed by atoms with Gasteiger partial charge in [0.2, 0.25) is 11.8 Å². The number of allylic oxidation sites excluding steroid dienone is 3. The van der Waals surface area contributed by atoms with Gasteiger partial charge in [-0.05, 0) is 52.2 Å². The van der Waals surface area contributed by atoms with Gasteiger partial charge in [-0.15, -0.1) is 0 Å². The summed E-state index contributed by atoms with van der Waals surface area (Å²) in [5, 5.41) is 17.5. The molecule has 0 aromatic carbocycles. The molecule has 3 rings (SSSR count). The maximum absolute atomic E-state index is 14.5. The van der Waals surface area contributed by atoms with E-state index in [1.54, 1.807) is 25.9 Å². The molecule has 4 N–H and O–H groups in total. The lowest BCUT2D eigenvalue weighted by atomic mass is 9.83. The van der Waals surface area contributed by atoms with Gasteiger partial charge < -0.3 is 49.5 Å². The van der Waals surface area contributed by atoms with Crippen molar-refractivity contribution in [2.75, 3.05) is 79.5 Å². The Morgan fingerprint density at radius 3 is 2.26 bits per heavy atom. The number of hydrogen-bond acceptors (Lipinski definition) is 9. The lowest BCUT2D eigenvalue weighted by Gasteiger charge is -2.34. The lowest BCUT2D eigenvalue weighted by molar-refractivity contribution is -0.138. The number of likely N-dealkylation sites (N-methyl/N-ethyl adjacent to an activating group) is 2. The molecule has 1 unspecified atom stereocenters. The van der Waals surface area contributed by atoms with Crippen LogP contribution < -0.4 is 20.7 Å². The summed E-state index contributed by atoms with van der Waals surface area (Å²) in [5.41, 5.74) is 0.888. The van der Waals surface area contributed by atoms with Crippen molar-refractivity contribution in [2.45, 2.75) is 64.5 Å². The molecule has 1 aromatic rings. The predicted octanol–water partition coefficient (Wildman–Crippen LogP) is 2.42. The number of ether oxygens (including phenoxy) is 4. The molecule has 2 aliphatic rings. The predicted molar refractivity (Wildman–Crippen MR) is 184 cm³/mol. The zero-order chi connectivity index (χ0) is 36.5. The first-order valence-corrected chi connectivity index (χ1v) is 17.6. The molecule has 282 valence electrons. The van der Waals surface area contributed by atoms with Crippen LogP contribution in [0.15, 0.2) is 17.7 Å². The summed E-state index contributed by atoms with van der Waals surface area (Å²) in [7, 11) is 3.27. The lowest BCUT2D eigenvalue weighted by Crippen LogP contribution is -2.56. The first-order valence-electron chi connectivity index (χ1n) is 17.6. The Kier molecular flexibility index (Phi) is 17.9. The standard InChI is InChI=1S/C35H55F2N5O8/c1-5-42(35(46)30(25-9-7-6-8-10-25)40-33(44)24(2)38-3)14-13-39-34(45)31-32(26-11-12-27(36)28(37)23-29(26)41(31)4)50-22-21-49-20-19-48-18-17-47-16-15-43/h12,23-25,30,38,43H,5-11,13-22H2,1-4H3,(H,39,45)(H,40,44)/t24-,30?/m0/s1. The molecule has 2 atom stereocenters. The van der Waals surface area contributed by atoms with Gasteiger partial charge in [-0.25, -0.2) is 8.78 Å². The highest BCUT2D eigenvalue weighted by Gasteiger charge is 2.34. The molecule has 0 saturated heterocycles. The molecule has 0 bridgehead atoms. The third kappa shape index (κ3) is 11.9. The van der Waals surface area contributed by atoms with Crippen LogP contribution in [0.2, 0.25) is 0 Å². The molecule has 1 fully saturated rings. The first-order chi connectivity index (χ1) is 24.1. The second kappa shape index (κ2) is 21.8. The van der Waals surface area contributed by atoms with E-state index in [2.05, 4.69) is 16.0 Å². The molecule has 3 amide bonds. The SMILES string of the molecule is CCN(CCNC(=O)c1c(OCCOCCOCCOCCO)c2c(n1C)C=C(F)C(F)=CC2)C(=O)C(NC(=O)[C@H](C)NC)C1CCCCC1. The van der Waals surface area contributed by atoms with Gasteiger partial charge in [0, 0.05) is 38.3 Å². The van der Waals surface area contributed by atoms with E-state index in [0.29, 0.717) is 37.6 Å². The number of aliphatic hydroxyl groups excluding tert-OH is 1. The van der Waals surface area contributed by atoms with Crippen LogP contribution >= 0.6 is 0 Å². The minimum absolute atomic E-state index is 0.00709. The van der Waals surface area contributed by atoms with Gasteiger partial charge in [0.25, 0.3) is 5.91 Å². The van der Waals surface area contributed by atoms with Crippen molar-refractivity contribution < 1.29 is 47.2 Å². The number of nitrogens with zero attached hydrogens (tertiary/aromatic N) is 2. The van der Waals surface area contributed by atoms with E-state index in [4.69, 9.17) is 24.1 Å². The number of aromatic nitrogens is 1. The maximum Gasteiger partial charge on any atom is 0.271 e. The Hall–Kier alpha value is -3.37. The number of halogens is 2. The highest BCUT2D eigenvalue weighted by molar-refractivity contribution is 5.97. The highest BCUT2D eigenvalue weighted by Crippen LogP contribution is 2.36. The van der Waals surface area contributed by atoms with E-state index in [9.17, 15) is 23.2 Å². The summed E-state index contributed by atoms with van der Waals surface area (Å²) in [6.07, 6.45) is 6.98. The van der Waals surface area contributed by atoms with Crippen LogP contribution in [0.1, 0.15) is 67.7 Å². The van der Waals surface area contributed by atoms with Gasteiger partial charge in [-0.1, -0.05) is 19.3 Å². The number of nitrogens with one attached hydrogen (secondary N) is 3. The molecular formula is C35H55F2N5O8. The summed E-state index contributed by atoms with van der Waals surface area (Å²) in [4.78, 5) is 41.9. The zero-order valence-electron chi connectivity index (χ0n) is 29.9. The molecule has 1 saturated carbocycles. The van der Waals surface area contributed by atoms with E-state index in [1.807, 2.05) is 6.92 Å². The largest absolute Gasteiger partial charge is 0.488 e. The number of carbonyl (C=O) groups excluding carboxylic acids is 3. The molecule has 0 spiro atoms. The van der Waals surface area contributed by atoms with Crippen LogP contribution in [0.5, 0.6) is 5.75 Å². The van der Waals surface area contributed by atoms with E-state index in [-0.39, 0.29) is 81.7 Å². The van der Waals surface area contributed by atoms with E-state index in [1.165, 1.54) is 4.57 Å². The van der Waals surface area contributed by atoms with Crippen molar-refractivity contribution in [1.82, 2.24) is 25.4 Å². The van der Waals surface area contributed by atoms with Crippen molar-refractivity contribution >= 4 is 23.8 Å². The topological polar surface area (TPSA) is 153 Å². The first kappa shape index (κ1) is 41.1. The van der Waals surface area contributed by atoms with Crippen LogP contribution in [0.4, 0.5) is 8.78 Å². The number of amides is 3. The van der Waals surface area contributed by atoms with E-state index in [0.717, 1.165) is 44.3 Å². The van der Waals surface area contributed by atoms with E-state index >= 15 is 0 Å². The van der Waals surface area contributed by atoms with E-state index < -0.39 is 29.6 Å². The summed E-state index contributed by atoms with van der Waals surface area (Å²) in [5.74, 6) is -2.74. The fraction of sp³-hybridized carbons (Fsp3) is 0.686. The Bertz CT molecular complexity index is 1310.